The van der Waals surface area contributed by atoms with Crippen molar-refractivity contribution in [3.8, 4) is 0 Å². The highest BCUT2D eigenvalue weighted by Gasteiger charge is 2.24. The van der Waals surface area contributed by atoms with Gasteiger partial charge < -0.3 is 10.3 Å². The Kier molecular flexibility index (Phi) is 3.28. The van der Waals surface area contributed by atoms with Crippen LogP contribution in [0.3, 0.4) is 0 Å². The normalized spacial score (nSPS) is 36.0. The Bertz CT molecular complexity index is 161. The summed E-state index contributed by atoms with van der Waals surface area (Å²) >= 11 is 0. The van der Waals surface area contributed by atoms with Gasteiger partial charge in [0, 0.05) is 6.42 Å². The summed E-state index contributed by atoms with van der Waals surface area (Å²) < 4.78 is 0. The molecule has 0 spiro atoms. The predicted octanol–water partition coefficient (Wildman–Crippen LogP) is 1.43. The molecule has 2 N–H and O–H groups in total. The van der Waals surface area contributed by atoms with Crippen molar-refractivity contribution < 1.29 is 10.3 Å². The molecule has 1 rings (SSSR count). The van der Waals surface area contributed by atoms with Crippen LogP contribution < -0.4 is 0 Å². The summed E-state index contributed by atoms with van der Waals surface area (Å²) in [6.07, 6.45) is 3.55. The minimum absolute atomic E-state index is 0.199. The third-order valence-electron chi connectivity index (χ3n) is 2.07. The number of hydrogen-bond acceptors (Lipinski definition) is 3. The summed E-state index contributed by atoms with van der Waals surface area (Å²) in [7, 11) is -0.199. The number of aliphatic hydroxyl groups is 1. The lowest BCUT2D eigenvalue weighted by Gasteiger charge is -2.27. The molecule has 1 heterocycles. The molecule has 0 radical (unpaired) electrons. The molecule has 1 aliphatic heterocycles. The van der Waals surface area contributed by atoms with Crippen LogP contribution in [-0.4, -0.2) is 34.2 Å². The van der Waals surface area contributed by atoms with Crippen LogP contribution in [0.4, 0.5) is 0 Å². The third kappa shape index (κ3) is 2.14. The molecule has 64 valence electrons. The van der Waals surface area contributed by atoms with Crippen molar-refractivity contribution in [1.29, 1.82) is 0 Å². The zero-order valence-electron chi connectivity index (χ0n) is 6.69. The zero-order valence-corrected chi connectivity index (χ0v) is 7.59. The van der Waals surface area contributed by atoms with Crippen LogP contribution in [0.2, 0.25) is 0 Å². The minimum atomic E-state index is -0.227. The van der Waals surface area contributed by atoms with Gasteiger partial charge in [-0.2, -0.15) is 0 Å². The average molecular weight is 175 g/mol. The molecule has 1 fully saturated rings. The van der Waals surface area contributed by atoms with Gasteiger partial charge in [0.1, 0.15) is 0 Å². The van der Waals surface area contributed by atoms with Gasteiger partial charge in [-0.05, 0) is 18.7 Å². The Balaban J connectivity index is 2.47. The topological polar surface area (TPSA) is 52.8 Å². The van der Waals surface area contributed by atoms with Crippen LogP contribution in [0.25, 0.3) is 0 Å². The zero-order chi connectivity index (χ0) is 8.27. The van der Waals surface area contributed by atoms with Gasteiger partial charge >= 0.3 is 0 Å². The van der Waals surface area contributed by atoms with Crippen LogP contribution >= 0.6 is 7.92 Å². The van der Waals surface area contributed by atoms with Gasteiger partial charge in [-0.1, -0.05) is 20.0 Å². The van der Waals surface area contributed by atoms with Crippen LogP contribution in [0.5, 0.6) is 0 Å². The smallest absolute Gasteiger partial charge is 0.0783 e. The maximum atomic E-state index is 9.51. The molecule has 2 atom stereocenters. The van der Waals surface area contributed by atoms with Crippen molar-refractivity contribution in [3.05, 3.63) is 0 Å². The fourth-order valence-electron chi connectivity index (χ4n) is 1.32. The van der Waals surface area contributed by atoms with Gasteiger partial charge in [-0.25, -0.2) is 0 Å². The molecular weight excluding hydrogens is 161 g/mol. The minimum Gasteiger partial charge on any atom is -0.411 e. The molecule has 0 bridgehead atoms. The lowest BCUT2D eigenvalue weighted by molar-refractivity contribution is 0.257. The second-order valence-corrected chi connectivity index (χ2v) is 5.58. The van der Waals surface area contributed by atoms with Crippen molar-refractivity contribution in [2.45, 2.75) is 25.6 Å². The van der Waals surface area contributed by atoms with Gasteiger partial charge in [-0.3, -0.25) is 0 Å². The maximum absolute atomic E-state index is 9.51. The number of aliphatic hydroxyl groups excluding tert-OH is 1. The molecule has 0 aromatic carbocycles. The molecule has 1 saturated heterocycles. The van der Waals surface area contributed by atoms with Gasteiger partial charge in [0.2, 0.25) is 0 Å². The Labute approximate surface area is 67.9 Å². The standard InChI is InChI=1S/C7H14NO2P/c1-2-11-4-3-6(8-10)5-7(11)9/h7,9-10H,2-5H2,1H3/b8-6+. The second kappa shape index (κ2) is 4.03. The molecule has 0 aromatic heterocycles. The van der Waals surface area contributed by atoms with E-state index in [4.69, 9.17) is 5.21 Å². The molecule has 2 unspecified atom stereocenters. The summed E-state index contributed by atoms with van der Waals surface area (Å²) in [5.74, 6) is -0.227. The molecule has 3 nitrogen and oxygen atoms in total. The van der Waals surface area contributed by atoms with Gasteiger partial charge in [-0.15, -0.1) is 0 Å². The largest absolute Gasteiger partial charge is 0.411 e. The number of rotatable bonds is 1. The van der Waals surface area contributed by atoms with Gasteiger partial charge in [0.15, 0.2) is 0 Å². The third-order valence-corrected chi connectivity index (χ3v) is 4.71. The van der Waals surface area contributed by atoms with Crippen LogP contribution in [0.15, 0.2) is 5.16 Å². The Morgan fingerprint density at radius 1 is 1.73 bits per heavy atom. The fraction of sp³-hybridized carbons (Fsp3) is 0.857. The van der Waals surface area contributed by atoms with Gasteiger partial charge in [0.05, 0.1) is 11.6 Å². The highest BCUT2D eigenvalue weighted by Crippen LogP contribution is 2.45. The van der Waals surface area contributed by atoms with E-state index in [2.05, 4.69) is 12.1 Å². The molecular formula is C7H14NO2P. The number of hydrogen-bond donors (Lipinski definition) is 2. The lowest BCUT2D eigenvalue weighted by Crippen LogP contribution is -2.21. The van der Waals surface area contributed by atoms with E-state index in [9.17, 15) is 5.11 Å². The Hall–Kier alpha value is -0.140. The average Bonchev–Trinajstić information content (AvgIpc) is 2.04. The Morgan fingerprint density at radius 2 is 2.45 bits per heavy atom. The van der Waals surface area contributed by atoms with E-state index in [1.807, 2.05) is 0 Å². The summed E-state index contributed by atoms with van der Waals surface area (Å²) in [6.45, 7) is 2.11. The first-order valence-corrected chi connectivity index (χ1v) is 5.68. The molecule has 0 aliphatic carbocycles. The predicted molar refractivity (Wildman–Crippen MR) is 46.8 cm³/mol. The van der Waals surface area contributed by atoms with Crippen LogP contribution in [-0.2, 0) is 0 Å². The van der Waals surface area contributed by atoms with E-state index < -0.39 is 0 Å². The highest BCUT2D eigenvalue weighted by molar-refractivity contribution is 7.58. The lowest BCUT2D eigenvalue weighted by atomic mass is 10.2. The molecule has 0 aromatic rings. The summed E-state index contributed by atoms with van der Waals surface area (Å²) in [4.78, 5) is 0. The van der Waals surface area contributed by atoms with Crippen molar-refractivity contribution in [2.24, 2.45) is 5.16 Å². The van der Waals surface area contributed by atoms with Crippen molar-refractivity contribution in [2.75, 3.05) is 12.3 Å². The van der Waals surface area contributed by atoms with E-state index in [1.54, 1.807) is 0 Å². The first-order chi connectivity index (χ1) is 5.27. The first-order valence-electron chi connectivity index (χ1n) is 3.89. The van der Waals surface area contributed by atoms with E-state index in [-0.39, 0.29) is 13.8 Å². The monoisotopic (exact) mass is 175 g/mol. The van der Waals surface area contributed by atoms with Crippen LogP contribution in [0, 0.1) is 0 Å². The van der Waals surface area contributed by atoms with Crippen LogP contribution in [0.1, 0.15) is 19.8 Å². The first kappa shape index (κ1) is 8.95. The van der Waals surface area contributed by atoms with Crippen molar-refractivity contribution in [1.82, 2.24) is 0 Å². The summed E-state index contributed by atoms with van der Waals surface area (Å²) in [5.41, 5.74) is 0.754. The van der Waals surface area contributed by atoms with E-state index in [1.165, 1.54) is 0 Å². The maximum Gasteiger partial charge on any atom is 0.0783 e. The molecule has 4 heteroatoms. The summed E-state index contributed by atoms with van der Waals surface area (Å²) in [6, 6.07) is 0. The van der Waals surface area contributed by atoms with Crippen molar-refractivity contribution >= 4 is 13.6 Å². The number of oxime groups is 1. The number of nitrogens with zero attached hydrogens (tertiary/aromatic N) is 1. The molecule has 11 heavy (non-hydrogen) atoms. The SMILES string of the molecule is CCP1CC/C(=N\O)CC1O. The van der Waals surface area contributed by atoms with E-state index >= 15 is 0 Å². The second-order valence-electron chi connectivity index (χ2n) is 2.73. The molecule has 0 amide bonds. The molecule has 0 saturated carbocycles. The molecule has 1 aliphatic rings. The van der Waals surface area contributed by atoms with E-state index in [0.29, 0.717) is 6.42 Å². The quantitative estimate of drug-likeness (QED) is 0.360. The Morgan fingerprint density at radius 3 is 2.91 bits per heavy atom. The summed E-state index contributed by atoms with van der Waals surface area (Å²) in [5, 5.41) is 21.1. The van der Waals surface area contributed by atoms with E-state index in [0.717, 1.165) is 24.5 Å². The van der Waals surface area contributed by atoms with Crippen molar-refractivity contribution in [3.63, 3.8) is 0 Å². The van der Waals surface area contributed by atoms with Gasteiger partial charge in [0.25, 0.3) is 0 Å². The highest BCUT2D eigenvalue weighted by atomic mass is 31.1. The fourth-order valence-corrected chi connectivity index (χ4v) is 3.37.